The second kappa shape index (κ2) is 8.88. The largest absolute Gasteiger partial charge is 0.343 e. The molecule has 0 unspecified atom stereocenters. The Morgan fingerprint density at radius 3 is 2.69 bits per heavy atom. The molecule has 0 aliphatic rings. The number of halogens is 1. The molecule has 0 fully saturated rings. The fourth-order valence-electron chi connectivity index (χ4n) is 1.06. The predicted molar refractivity (Wildman–Crippen MR) is 63.7 cm³/mol. The number of hydrogen-bond donors (Lipinski definition) is 0. The molecular formula is C9H18BrNOS. The summed E-state index contributed by atoms with van der Waals surface area (Å²) in [6.07, 6.45) is 3.75. The number of thioether (sulfide) groups is 1. The highest BCUT2D eigenvalue weighted by atomic mass is 79.9. The van der Waals surface area contributed by atoms with Crippen molar-refractivity contribution >= 4 is 33.6 Å². The lowest BCUT2D eigenvalue weighted by molar-refractivity contribution is -0.130. The van der Waals surface area contributed by atoms with Gasteiger partial charge in [-0.05, 0) is 19.6 Å². The van der Waals surface area contributed by atoms with E-state index in [0.717, 1.165) is 30.6 Å². The van der Waals surface area contributed by atoms with Gasteiger partial charge in [0.05, 0.1) is 0 Å². The van der Waals surface area contributed by atoms with Crippen LogP contribution in [0, 0.1) is 0 Å². The molecule has 2 nitrogen and oxygen atoms in total. The zero-order chi connectivity index (χ0) is 10.1. The Hall–Kier alpha value is 0.300. The Labute approximate surface area is 93.6 Å². The molecule has 0 aromatic rings. The summed E-state index contributed by atoms with van der Waals surface area (Å²) in [5, 5.41) is 0.972. The molecule has 0 radical (unpaired) electrons. The molecular weight excluding hydrogens is 250 g/mol. The molecule has 0 aliphatic carbocycles. The van der Waals surface area contributed by atoms with Crippen LogP contribution in [-0.2, 0) is 4.79 Å². The minimum Gasteiger partial charge on any atom is -0.343 e. The molecule has 0 spiro atoms. The predicted octanol–water partition coefficient (Wildman–Crippen LogP) is 2.37. The van der Waals surface area contributed by atoms with Gasteiger partial charge in [-0.1, -0.05) is 15.9 Å². The molecule has 13 heavy (non-hydrogen) atoms. The first-order valence-electron chi connectivity index (χ1n) is 4.59. The van der Waals surface area contributed by atoms with Crippen LogP contribution in [0.15, 0.2) is 0 Å². The lowest BCUT2D eigenvalue weighted by atomic mass is 10.3. The zero-order valence-electron chi connectivity index (χ0n) is 8.38. The number of hydrogen-bond acceptors (Lipinski definition) is 2. The maximum atomic E-state index is 11.5. The summed E-state index contributed by atoms with van der Waals surface area (Å²) in [5.74, 6) is 1.22. The maximum absolute atomic E-state index is 11.5. The van der Waals surface area contributed by atoms with Crippen molar-refractivity contribution in [2.75, 3.05) is 30.4 Å². The normalized spacial score (nSPS) is 10.1. The van der Waals surface area contributed by atoms with E-state index < -0.39 is 0 Å². The number of rotatable bonds is 7. The summed E-state index contributed by atoms with van der Waals surface area (Å²) >= 11 is 5.09. The van der Waals surface area contributed by atoms with Crippen molar-refractivity contribution in [3.63, 3.8) is 0 Å². The van der Waals surface area contributed by atoms with E-state index in [4.69, 9.17) is 0 Å². The fraction of sp³-hybridized carbons (Fsp3) is 0.889. The summed E-state index contributed by atoms with van der Waals surface area (Å²) in [6.45, 7) is 3.75. The summed E-state index contributed by atoms with van der Waals surface area (Å²) in [4.78, 5) is 13.5. The quantitative estimate of drug-likeness (QED) is 0.661. The van der Waals surface area contributed by atoms with Gasteiger partial charge in [-0.3, -0.25) is 4.79 Å². The number of carbonyl (C=O) groups excluding carboxylic acids is 1. The molecule has 0 saturated carbocycles. The summed E-state index contributed by atoms with van der Waals surface area (Å²) in [6, 6.07) is 0. The van der Waals surface area contributed by atoms with Crippen molar-refractivity contribution in [2.24, 2.45) is 0 Å². The smallest absolute Gasteiger partial charge is 0.223 e. The number of alkyl halides is 1. The first kappa shape index (κ1) is 13.3. The molecule has 4 heteroatoms. The van der Waals surface area contributed by atoms with Gasteiger partial charge in [0, 0.05) is 30.6 Å². The molecule has 0 bridgehead atoms. The molecule has 0 heterocycles. The lowest BCUT2D eigenvalue weighted by Crippen LogP contribution is -2.32. The first-order valence-corrected chi connectivity index (χ1v) is 7.10. The van der Waals surface area contributed by atoms with Crippen molar-refractivity contribution in [1.82, 2.24) is 4.90 Å². The van der Waals surface area contributed by atoms with Gasteiger partial charge in [-0.2, -0.15) is 11.8 Å². The molecule has 0 atom stereocenters. The van der Waals surface area contributed by atoms with Gasteiger partial charge in [0.1, 0.15) is 0 Å². The van der Waals surface area contributed by atoms with Crippen LogP contribution in [0.5, 0.6) is 0 Å². The highest BCUT2D eigenvalue weighted by molar-refractivity contribution is 9.09. The van der Waals surface area contributed by atoms with Crippen LogP contribution in [0.3, 0.4) is 0 Å². The molecule has 0 saturated heterocycles. The van der Waals surface area contributed by atoms with Crippen molar-refractivity contribution in [3.05, 3.63) is 0 Å². The Balaban J connectivity index is 3.71. The van der Waals surface area contributed by atoms with E-state index >= 15 is 0 Å². The summed E-state index contributed by atoms with van der Waals surface area (Å²) in [5.41, 5.74) is 0. The standard InChI is InChI=1S/C9H18BrNOS/c1-3-11(7-4-6-10)9(12)5-8-13-2/h3-8H2,1-2H3. The van der Waals surface area contributed by atoms with Gasteiger partial charge < -0.3 is 4.90 Å². The van der Waals surface area contributed by atoms with E-state index in [1.165, 1.54) is 0 Å². The number of nitrogens with zero attached hydrogens (tertiary/aromatic N) is 1. The van der Waals surface area contributed by atoms with Crippen molar-refractivity contribution in [1.29, 1.82) is 0 Å². The molecule has 0 aromatic heterocycles. The Kier molecular flexibility index (Phi) is 9.08. The van der Waals surface area contributed by atoms with Gasteiger partial charge in [-0.15, -0.1) is 0 Å². The second-order valence-corrected chi connectivity index (χ2v) is 4.54. The third-order valence-electron chi connectivity index (χ3n) is 1.82. The summed E-state index contributed by atoms with van der Waals surface area (Å²) in [7, 11) is 0. The highest BCUT2D eigenvalue weighted by Gasteiger charge is 2.09. The maximum Gasteiger partial charge on any atom is 0.223 e. The minimum atomic E-state index is 0.290. The van der Waals surface area contributed by atoms with Crippen molar-refractivity contribution in [2.45, 2.75) is 19.8 Å². The van der Waals surface area contributed by atoms with E-state index in [1.807, 2.05) is 18.1 Å². The minimum absolute atomic E-state index is 0.290. The second-order valence-electron chi connectivity index (χ2n) is 2.76. The van der Waals surface area contributed by atoms with E-state index in [1.54, 1.807) is 11.8 Å². The van der Waals surface area contributed by atoms with Crippen LogP contribution in [0.4, 0.5) is 0 Å². The molecule has 0 N–H and O–H groups in total. The third kappa shape index (κ3) is 6.38. The van der Waals surface area contributed by atoms with E-state index in [-0.39, 0.29) is 5.91 Å². The Morgan fingerprint density at radius 1 is 1.54 bits per heavy atom. The number of amides is 1. The molecule has 0 rings (SSSR count). The monoisotopic (exact) mass is 267 g/mol. The van der Waals surface area contributed by atoms with E-state index in [0.29, 0.717) is 6.42 Å². The topological polar surface area (TPSA) is 20.3 Å². The van der Waals surface area contributed by atoms with Gasteiger partial charge in [0.25, 0.3) is 0 Å². The van der Waals surface area contributed by atoms with Crippen LogP contribution in [0.1, 0.15) is 19.8 Å². The average molecular weight is 268 g/mol. The van der Waals surface area contributed by atoms with Crippen LogP contribution in [0.25, 0.3) is 0 Å². The fourth-order valence-corrected chi connectivity index (χ4v) is 1.69. The van der Waals surface area contributed by atoms with E-state index in [9.17, 15) is 4.79 Å². The molecule has 0 aliphatic heterocycles. The van der Waals surface area contributed by atoms with Crippen LogP contribution in [-0.4, -0.2) is 41.2 Å². The Morgan fingerprint density at radius 2 is 2.23 bits per heavy atom. The summed E-state index contributed by atoms with van der Waals surface area (Å²) < 4.78 is 0. The van der Waals surface area contributed by atoms with Gasteiger partial charge in [-0.25, -0.2) is 0 Å². The highest BCUT2D eigenvalue weighted by Crippen LogP contribution is 2.02. The molecule has 0 aromatic carbocycles. The van der Waals surface area contributed by atoms with Crippen LogP contribution < -0.4 is 0 Å². The van der Waals surface area contributed by atoms with Crippen LogP contribution >= 0.6 is 27.7 Å². The zero-order valence-corrected chi connectivity index (χ0v) is 10.8. The third-order valence-corrected chi connectivity index (χ3v) is 2.99. The van der Waals surface area contributed by atoms with Gasteiger partial charge in [0.15, 0.2) is 0 Å². The number of carbonyl (C=O) groups is 1. The Bertz CT molecular complexity index is 144. The van der Waals surface area contributed by atoms with Gasteiger partial charge in [0.2, 0.25) is 5.91 Å². The van der Waals surface area contributed by atoms with Crippen molar-refractivity contribution in [3.8, 4) is 0 Å². The molecule has 78 valence electrons. The SMILES string of the molecule is CCN(CCCBr)C(=O)CCSC. The van der Waals surface area contributed by atoms with Crippen molar-refractivity contribution < 1.29 is 4.79 Å². The van der Waals surface area contributed by atoms with Gasteiger partial charge >= 0.3 is 0 Å². The molecule has 1 amide bonds. The first-order chi connectivity index (χ1) is 6.26. The van der Waals surface area contributed by atoms with Crippen LogP contribution in [0.2, 0.25) is 0 Å². The lowest BCUT2D eigenvalue weighted by Gasteiger charge is -2.20. The van der Waals surface area contributed by atoms with E-state index in [2.05, 4.69) is 15.9 Å². The average Bonchev–Trinajstić information content (AvgIpc) is 2.16.